The molecule has 6 nitrogen and oxygen atoms in total. The van der Waals surface area contributed by atoms with E-state index in [4.69, 9.17) is 14.2 Å². The zero-order chi connectivity index (χ0) is 50.7. The summed E-state index contributed by atoms with van der Waals surface area (Å²) < 4.78 is 16.8. The molecule has 1 unspecified atom stereocenters. The van der Waals surface area contributed by atoms with Gasteiger partial charge in [0.25, 0.3) is 0 Å². The lowest BCUT2D eigenvalue weighted by Crippen LogP contribution is -2.30. The quantitative estimate of drug-likeness (QED) is 0.0199. The van der Waals surface area contributed by atoms with Gasteiger partial charge in [0.15, 0.2) is 6.10 Å². The largest absolute Gasteiger partial charge is 0.462 e. The molecule has 1 atom stereocenters. The predicted octanol–water partition coefficient (Wildman–Crippen LogP) is 18.8. The van der Waals surface area contributed by atoms with Crippen LogP contribution in [0.2, 0.25) is 0 Å². The van der Waals surface area contributed by atoms with Crippen molar-refractivity contribution in [2.24, 2.45) is 0 Å². The zero-order valence-electron chi connectivity index (χ0n) is 44.7. The average molecular weight is 965 g/mol. The van der Waals surface area contributed by atoms with E-state index in [2.05, 4.69) is 93.7 Å². The van der Waals surface area contributed by atoms with Crippen LogP contribution in [-0.2, 0) is 28.6 Å². The number of unbranched alkanes of at least 4 members (excludes halogenated alkanes) is 19. The summed E-state index contributed by atoms with van der Waals surface area (Å²) in [5.74, 6) is -1.03. The third-order valence-electron chi connectivity index (χ3n) is 11.3. The maximum Gasteiger partial charge on any atom is 0.306 e. The summed E-state index contributed by atoms with van der Waals surface area (Å²) in [5, 5.41) is 0. The minimum atomic E-state index is -0.832. The number of carbonyl (C=O) groups is 3. The first-order valence-electron chi connectivity index (χ1n) is 27.9. The van der Waals surface area contributed by atoms with Gasteiger partial charge in [-0.05, 0) is 77.0 Å². The fourth-order valence-corrected chi connectivity index (χ4v) is 7.17. The van der Waals surface area contributed by atoms with Crippen LogP contribution in [0.3, 0.4) is 0 Å². The number of allylic oxidation sites excluding steroid dienone is 24. The van der Waals surface area contributed by atoms with Crippen molar-refractivity contribution in [2.45, 2.75) is 226 Å². The molecule has 0 N–H and O–H groups in total. The number of esters is 3. The van der Waals surface area contributed by atoms with Gasteiger partial charge in [0.2, 0.25) is 0 Å². The summed E-state index contributed by atoms with van der Waals surface area (Å²) >= 11 is 0. The Balaban J connectivity index is 4.60. The van der Waals surface area contributed by atoms with Crippen molar-refractivity contribution in [1.29, 1.82) is 0 Å². The highest BCUT2D eigenvalue weighted by Gasteiger charge is 2.19. The minimum absolute atomic E-state index is 0.120. The van der Waals surface area contributed by atoms with Crippen LogP contribution in [0.5, 0.6) is 0 Å². The van der Waals surface area contributed by atoms with Gasteiger partial charge in [-0.1, -0.05) is 269 Å². The molecule has 0 aliphatic heterocycles. The number of ether oxygens (including phenoxy) is 3. The number of rotatable bonds is 48. The Labute approximate surface area is 429 Å². The summed E-state index contributed by atoms with van der Waals surface area (Å²) in [4.78, 5) is 38.1. The Morgan fingerprint density at radius 1 is 0.314 bits per heavy atom. The number of hydrogen-bond donors (Lipinski definition) is 0. The number of carbonyl (C=O) groups excluding carboxylic acids is 3. The maximum absolute atomic E-state index is 12.8. The second-order valence-electron chi connectivity index (χ2n) is 17.9. The van der Waals surface area contributed by atoms with Crippen LogP contribution in [-0.4, -0.2) is 37.2 Å². The van der Waals surface area contributed by atoms with Crippen LogP contribution < -0.4 is 0 Å². The van der Waals surface area contributed by atoms with Crippen molar-refractivity contribution in [2.75, 3.05) is 13.2 Å². The van der Waals surface area contributed by atoms with Gasteiger partial charge in [-0.15, -0.1) is 0 Å². The summed E-state index contributed by atoms with van der Waals surface area (Å²) in [6.07, 6.45) is 81.2. The maximum atomic E-state index is 12.8. The molecule has 70 heavy (non-hydrogen) atoms. The predicted molar refractivity (Wildman–Crippen MR) is 302 cm³/mol. The van der Waals surface area contributed by atoms with Crippen LogP contribution >= 0.6 is 0 Å². The van der Waals surface area contributed by atoms with Gasteiger partial charge in [-0.3, -0.25) is 14.4 Å². The van der Waals surface area contributed by atoms with Gasteiger partial charge in [0, 0.05) is 19.3 Å². The molecule has 0 aromatic rings. The lowest BCUT2D eigenvalue weighted by atomic mass is 10.0. The molecule has 0 aromatic heterocycles. The monoisotopic (exact) mass is 965 g/mol. The molecule has 0 saturated heterocycles. The van der Waals surface area contributed by atoms with Crippen LogP contribution in [0.25, 0.3) is 0 Å². The highest BCUT2D eigenvalue weighted by atomic mass is 16.6. The smallest absolute Gasteiger partial charge is 0.306 e. The van der Waals surface area contributed by atoms with Gasteiger partial charge in [-0.2, -0.15) is 0 Å². The molecule has 0 amide bonds. The third-order valence-corrected chi connectivity index (χ3v) is 11.3. The third kappa shape index (κ3) is 54.2. The van der Waals surface area contributed by atoms with E-state index < -0.39 is 6.10 Å². The first-order chi connectivity index (χ1) is 34.5. The molecule has 0 aromatic carbocycles. The fraction of sp³-hybridized carbons (Fsp3) is 0.578. The van der Waals surface area contributed by atoms with Crippen LogP contribution in [0.4, 0.5) is 0 Å². The standard InChI is InChI=1S/C64H100O6/c1-4-7-10-13-16-19-22-25-28-31-32-34-36-39-42-45-48-51-54-57-63(66)69-60-61(59-68-62(65)56-53-50-47-44-41-38-35-30-27-24-21-18-15-12-9-6-3)70-64(67)58-55-52-49-46-43-40-37-33-29-26-23-20-17-14-11-8-5-2/h7-8,10-11,13,16-17,19-20,22,25-26,28-29,31-32,34,36-37,39-40,42,46,49,61H,4-6,9,12,14-15,18,21,23-24,27,30,33,35,38,41,43-45,47-48,50-60H2,1-3H3/b10-7-,11-8-,16-13-,20-17-,22-19-,28-25-,29-26-,32-31+,36-34-,40-37-,42-39-,49-46-. The van der Waals surface area contributed by atoms with Gasteiger partial charge >= 0.3 is 17.9 Å². The van der Waals surface area contributed by atoms with Crippen LogP contribution in [0.15, 0.2) is 146 Å². The van der Waals surface area contributed by atoms with Gasteiger partial charge in [0.1, 0.15) is 13.2 Å². The SMILES string of the molecule is CC\C=C/C=C\C=C/C=C\C=C\C=C/C=C\CCCCCC(=O)OCC(COC(=O)CCCCCCCCCCCCCCCCCC)OC(=O)CCC/C=C\C/C=C\C/C=C\C/C=C\C/C=C\CC. The highest BCUT2D eigenvalue weighted by Crippen LogP contribution is 2.15. The molecule has 0 bridgehead atoms. The van der Waals surface area contributed by atoms with E-state index in [-0.39, 0.29) is 44.0 Å². The highest BCUT2D eigenvalue weighted by molar-refractivity contribution is 5.71. The zero-order valence-corrected chi connectivity index (χ0v) is 44.7. The first-order valence-corrected chi connectivity index (χ1v) is 27.9. The van der Waals surface area contributed by atoms with E-state index >= 15 is 0 Å². The van der Waals surface area contributed by atoms with Crippen molar-refractivity contribution >= 4 is 17.9 Å². The summed E-state index contributed by atoms with van der Waals surface area (Å²) in [7, 11) is 0. The van der Waals surface area contributed by atoms with Crippen molar-refractivity contribution in [3.63, 3.8) is 0 Å². The summed E-state index contributed by atoms with van der Waals surface area (Å²) in [5.41, 5.74) is 0. The van der Waals surface area contributed by atoms with Crippen molar-refractivity contribution in [3.8, 4) is 0 Å². The van der Waals surface area contributed by atoms with Gasteiger partial charge < -0.3 is 14.2 Å². The van der Waals surface area contributed by atoms with E-state index in [0.717, 1.165) is 83.5 Å². The van der Waals surface area contributed by atoms with Crippen LogP contribution in [0, 0.1) is 0 Å². The normalized spacial score (nSPS) is 13.2. The molecule has 0 heterocycles. The lowest BCUT2D eigenvalue weighted by Gasteiger charge is -2.18. The van der Waals surface area contributed by atoms with E-state index in [0.29, 0.717) is 19.3 Å². The van der Waals surface area contributed by atoms with Crippen molar-refractivity contribution in [3.05, 3.63) is 146 Å². The second kappa shape index (κ2) is 56.9. The first kappa shape index (κ1) is 65.3. The molecule has 0 aliphatic rings. The Morgan fingerprint density at radius 3 is 1.07 bits per heavy atom. The molecular formula is C64H100O6. The Bertz CT molecular complexity index is 1580. The Kier molecular flexibility index (Phi) is 53.0. The lowest BCUT2D eigenvalue weighted by molar-refractivity contribution is -0.167. The molecule has 0 radical (unpaired) electrons. The molecule has 0 spiro atoms. The molecule has 0 rings (SSSR count). The molecule has 392 valence electrons. The fourth-order valence-electron chi connectivity index (χ4n) is 7.17. The molecular weight excluding hydrogens is 865 g/mol. The molecule has 0 saturated carbocycles. The Hall–Kier alpha value is -4.71. The van der Waals surface area contributed by atoms with E-state index in [1.165, 1.54) is 83.5 Å². The van der Waals surface area contributed by atoms with Gasteiger partial charge in [0.05, 0.1) is 0 Å². The summed E-state index contributed by atoms with van der Waals surface area (Å²) in [6.45, 7) is 6.29. The van der Waals surface area contributed by atoms with E-state index in [1.54, 1.807) is 0 Å². The average Bonchev–Trinajstić information content (AvgIpc) is 3.36. The van der Waals surface area contributed by atoms with Crippen molar-refractivity contribution in [1.82, 2.24) is 0 Å². The molecule has 6 heteroatoms. The summed E-state index contributed by atoms with van der Waals surface area (Å²) in [6, 6.07) is 0. The van der Waals surface area contributed by atoms with Gasteiger partial charge in [-0.25, -0.2) is 0 Å². The molecule has 0 fully saturated rings. The topological polar surface area (TPSA) is 78.9 Å². The van der Waals surface area contributed by atoms with Crippen LogP contribution in [0.1, 0.15) is 220 Å². The molecule has 0 aliphatic carbocycles. The number of hydrogen-bond acceptors (Lipinski definition) is 6. The van der Waals surface area contributed by atoms with Crippen molar-refractivity contribution < 1.29 is 28.6 Å². The van der Waals surface area contributed by atoms with E-state index in [9.17, 15) is 14.4 Å². The minimum Gasteiger partial charge on any atom is -0.462 e. The second-order valence-corrected chi connectivity index (χ2v) is 17.9. The Morgan fingerprint density at radius 2 is 0.643 bits per heavy atom. The van der Waals surface area contributed by atoms with E-state index in [1.807, 2.05) is 72.9 Å².